The quantitative estimate of drug-likeness (QED) is 0.580. The van der Waals surface area contributed by atoms with Gasteiger partial charge in [0.2, 0.25) is 5.91 Å². The molecule has 8 nitrogen and oxygen atoms in total. The highest BCUT2D eigenvalue weighted by Crippen LogP contribution is 2.39. The van der Waals surface area contributed by atoms with Crippen molar-refractivity contribution in [3.8, 4) is 11.8 Å². The van der Waals surface area contributed by atoms with Gasteiger partial charge >= 0.3 is 0 Å². The van der Waals surface area contributed by atoms with E-state index in [2.05, 4.69) is 16.4 Å². The molecule has 4 rings (SSSR count). The first kappa shape index (κ1) is 21.7. The molecule has 0 spiro atoms. The van der Waals surface area contributed by atoms with Gasteiger partial charge in [0.25, 0.3) is 5.91 Å². The zero-order chi connectivity index (χ0) is 23.2. The molecule has 0 saturated carbocycles. The number of nitrogens with one attached hydrogen (secondary N) is 1. The molecule has 0 unspecified atom stereocenters. The lowest BCUT2D eigenvalue weighted by molar-refractivity contribution is -0.120. The highest BCUT2D eigenvalue weighted by Gasteiger charge is 2.50. The fraction of sp³-hybridized carbons (Fsp3) is 0.227. The Morgan fingerprint density at radius 3 is 2.62 bits per heavy atom. The molecule has 0 aliphatic carbocycles. The fourth-order valence-corrected chi connectivity index (χ4v) is 5.04. The summed E-state index contributed by atoms with van der Waals surface area (Å²) in [6.45, 7) is 5.04. The van der Waals surface area contributed by atoms with Crippen LogP contribution in [0.3, 0.4) is 0 Å². The Morgan fingerprint density at radius 2 is 1.97 bits per heavy atom. The van der Waals surface area contributed by atoms with Gasteiger partial charge in [-0.25, -0.2) is 4.98 Å². The molecule has 2 amide bonds. The second kappa shape index (κ2) is 7.85. The molecule has 0 bridgehead atoms. The number of nitrogens with zero attached hydrogens (tertiary/aromatic N) is 4. The zero-order valence-electron chi connectivity index (χ0n) is 17.8. The van der Waals surface area contributed by atoms with Crippen LogP contribution in [0.2, 0.25) is 0 Å². The molecule has 10 heteroatoms. The van der Waals surface area contributed by atoms with Crippen LogP contribution in [0.1, 0.15) is 26.3 Å². The van der Waals surface area contributed by atoms with Crippen LogP contribution in [-0.4, -0.2) is 34.6 Å². The predicted molar refractivity (Wildman–Crippen MR) is 128 cm³/mol. The number of thiocarbonyl (C=S) groups is 1. The largest absolute Gasteiger partial charge is 0.495 e. The van der Waals surface area contributed by atoms with E-state index in [0.717, 1.165) is 4.70 Å². The van der Waals surface area contributed by atoms with Gasteiger partial charge < -0.3 is 15.0 Å². The van der Waals surface area contributed by atoms with Gasteiger partial charge in [0.05, 0.1) is 28.6 Å². The van der Waals surface area contributed by atoms with Crippen LogP contribution in [0, 0.1) is 11.3 Å². The monoisotopic (exact) mass is 465 g/mol. The number of aromatic nitrogens is 1. The topological polar surface area (TPSA) is 98.6 Å². The minimum absolute atomic E-state index is 0.190. The number of amides is 2. The highest BCUT2D eigenvalue weighted by molar-refractivity contribution is 7.81. The summed E-state index contributed by atoms with van der Waals surface area (Å²) in [7, 11) is 1.47. The van der Waals surface area contributed by atoms with Crippen LogP contribution < -0.4 is 19.9 Å². The molecule has 2 heterocycles. The van der Waals surface area contributed by atoms with Crippen LogP contribution in [-0.2, 0) is 9.59 Å². The average molecular weight is 466 g/mol. The van der Waals surface area contributed by atoms with Crippen molar-refractivity contribution >= 4 is 67.2 Å². The normalized spacial score (nSPS) is 15.2. The van der Waals surface area contributed by atoms with Crippen molar-refractivity contribution in [3.63, 3.8) is 0 Å². The Hall–Kier alpha value is -3.55. The van der Waals surface area contributed by atoms with Crippen LogP contribution in [0.15, 0.2) is 36.4 Å². The van der Waals surface area contributed by atoms with E-state index in [-0.39, 0.29) is 11.8 Å². The first-order valence-corrected chi connectivity index (χ1v) is 10.8. The number of anilines is 3. The summed E-state index contributed by atoms with van der Waals surface area (Å²) in [5.41, 5.74) is 1.34. The highest BCUT2D eigenvalue weighted by atomic mass is 32.1. The molecule has 1 aliphatic rings. The predicted octanol–water partition coefficient (Wildman–Crippen LogP) is 4.05. The molecule has 1 saturated heterocycles. The SMILES string of the molecule is COc1cc(N2C(=O)C(C)(C)N(c3ccc4sc(NC(C)=O)nc4c3)C2=S)ccc1C#N. The summed E-state index contributed by atoms with van der Waals surface area (Å²) in [4.78, 5) is 32.4. The molecule has 0 radical (unpaired) electrons. The van der Waals surface area contributed by atoms with Gasteiger partial charge in [-0.15, -0.1) is 0 Å². The molecule has 1 aromatic heterocycles. The van der Waals surface area contributed by atoms with E-state index >= 15 is 0 Å². The number of rotatable bonds is 4. The lowest BCUT2D eigenvalue weighted by Crippen LogP contribution is -2.44. The number of ether oxygens (including phenoxy) is 1. The standard InChI is InChI=1S/C22H19N5O3S2/c1-12(28)24-20-25-16-9-15(7-8-18(16)32-20)27-21(31)26(19(29)22(27,2)3)14-6-5-13(11-23)17(10-14)30-4/h5-10H,1-4H3,(H,24,25,28). The third-order valence-corrected chi connectivity index (χ3v) is 6.46. The Kier molecular flexibility index (Phi) is 5.32. The van der Waals surface area contributed by atoms with Gasteiger partial charge in [0, 0.05) is 18.7 Å². The van der Waals surface area contributed by atoms with E-state index in [4.69, 9.17) is 17.0 Å². The van der Waals surface area contributed by atoms with Crippen LogP contribution in [0.4, 0.5) is 16.5 Å². The summed E-state index contributed by atoms with van der Waals surface area (Å²) in [6, 6.07) is 12.6. The van der Waals surface area contributed by atoms with Crippen LogP contribution in [0.5, 0.6) is 5.75 Å². The first-order chi connectivity index (χ1) is 15.2. The van der Waals surface area contributed by atoms with Gasteiger partial charge in [-0.1, -0.05) is 11.3 Å². The third kappa shape index (κ3) is 3.45. The molecule has 1 fully saturated rings. The maximum atomic E-state index is 13.4. The number of benzene rings is 2. The van der Waals surface area contributed by atoms with Crippen molar-refractivity contribution in [2.45, 2.75) is 26.3 Å². The van der Waals surface area contributed by atoms with E-state index in [1.54, 1.807) is 36.9 Å². The average Bonchev–Trinajstić information content (AvgIpc) is 3.21. The van der Waals surface area contributed by atoms with Crippen molar-refractivity contribution in [1.29, 1.82) is 5.26 Å². The third-order valence-electron chi connectivity index (χ3n) is 5.14. The second-order valence-corrected chi connectivity index (χ2v) is 9.06. The Morgan fingerprint density at radius 1 is 1.25 bits per heavy atom. The summed E-state index contributed by atoms with van der Waals surface area (Å²) in [6.07, 6.45) is 0. The number of thiazole rings is 1. The van der Waals surface area contributed by atoms with E-state index in [9.17, 15) is 14.9 Å². The maximum absolute atomic E-state index is 13.4. The number of fused-ring (bicyclic) bond motifs is 1. The maximum Gasteiger partial charge on any atom is 0.259 e. The van der Waals surface area contributed by atoms with Gasteiger partial charge in [-0.05, 0) is 56.4 Å². The van der Waals surface area contributed by atoms with Gasteiger partial charge in [0.1, 0.15) is 17.4 Å². The first-order valence-electron chi connectivity index (χ1n) is 9.62. The smallest absolute Gasteiger partial charge is 0.259 e. The minimum atomic E-state index is -0.956. The number of nitriles is 1. The van der Waals surface area contributed by atoms with Crippen molar-refractivity contribution < 1.29 is 14.3 Å². The summed E-state index contributed by atoms with van der Waals surface area (Å²) in [5, 5.41) is 12.8. The molecule has 3 aromatic rings. The van der Waals surface area contributed by atoms with E-state index < -0.39 is 5.54 Å². The second-order valence-electron chi connectivity index (χ2n) is 7.67. The van der Waals surface area contributed by atoms with E-state index in [1.165, 1.54) is 30.3 Å². The molecule has 2 aromatic carbocycles. The Bertz CT molecular complexity index is 1320. The van der Waals surface area contributed by atoms with E-state index in [1.807, 2.05) is 18.2 Å². The lowest BCUT2D eigenvalue weighted by atomic mass is 10.0. The number of carbonyl (C=O) groups excluding carboxylic acids is 2. The molecule has 1 aliphatic heterocycles. The number of hydrogen-bond donors (Lipinski definition) is 1. The van der Waals surface area contributed by atoms with Gasteiger partial charge in [-0.2, -0.15) is 5.26 Å². The van der Waals surface area contributed by atoms with Crippen molar-refractivity contribution in [2.75, 3.05) is 22.2 Å². The lowest BCUT2D eigenvalue weighted by Gasteiger charge is -2.29. The Balaban J connectivity index is 1.75. The molecule has 1 N–H and O–H groups in total. The Labute approximate surface area is 194 Å². The summed E-state index contributed by atoms with van der Waals surface area (Å²) >= 11 is 7.10. The van der Waals surface area contributed by atoms with Crippen LogP contribution in [0.25, 0.3) is 10.2 Å². The number of hydrogen-bond acceptors (Lipinski definition) is 7. The van der Waals surface area contributed by atoms with E-state index in [0.29, 0.717) is 38.4 Å². The molecule has 32 heavy (non-hydrogen) atoms. The number of methoxy groups -OCH3 is 1. The number of carbonyl (C=O) groups is 2. The molecular formula is C22H19N5O3S2. The fourth-order valence-electron chi connectivity index (χ4n) is 3.63. The minimum Gasteiger partial charge on any atom is -0.495 e. The summed E-state index contributed by atoms with van der Waals surface area (Å²) in [5.74, 6) is -0.0250. The van der Waals surface area contributed by atoms with Gasteiger partial charge in [-0.3, -0.25) is 14.5 Å². The van der Waals surface area contributed by atoms with Crippen molar-refractivity contribution in [3.05, 3.63) is 42.0 Å². The van der Waals surface area contributed by atoms with Crippen molar-refractivity contribution in [2.24, 2.45) is 0 Å². The molecule has 162 valence electrons. The molecule has 0 atom stereocenters. The van der Waals surface area contributed by atoms with Crippen LogP contribution >= 0.6 is 23.6 Å². The molecular weight excluding hydrogens is 446 g/mol. The van der Waals surface area contributed by atoms with Crippen molar-refractivity contribution in [1.82, 2.24) is 4.98 Å². The summed E-state index contributed by atoms with van der Waals surface area (Å²) < 4.78 is 6.20. The zero-order valence-corrected chi connectivity index (χ0v) is 19.4. The van der Waals surface area contributed by atoms with Gasteiger partial charge in [0.15, 0.2) is 10.2 Å².